The molecule has 1 aliphatic heterocycles. The summed E-state index contributed by atoms with van der Waals surface area (Å²) in [7, 11) is 0. The minimum absolute atomic E-state index is 0.166. The van der Waals surface area contributed by atoms with Crippen LogP contribution < -0.4 is 11.1 Å². The number of carboxylic acid groups (broad SMARTS) is 1. The molecule has 10 heteroatoms. The average molecular weight is 498 g/mol. The van der Waals surface area contributed by atoms with Crippen molar-refractivity contribution in [3.63, 3.8) is 0 Å². The van der Waals surface area contributed by atoms with Crippen molar-refractivity contribution in [3.8, 4) is 5.69 Å². The van der Waals surface area contributed by atoms with Crippen LogP contribution in [0.3, 0.4) is 0 Å². The Balaban J connectivity index is 1.27. The molecule has 3 heterocycles. The van der Waals surface area contributed by atoms with Gasteiger partial charge in [-0.25, -0.2) is 14.6 Å². The van der Waals surface area contributed by atoms with Crippen LogP contribution in [0, 0.1) is 5.92 Å². The van der Waals surface area contributed by atoms with E-state index in [9.17, 15) is 19.5 Å². The molecule has 1 amide bonds. The number of nitrogens with one attached hydrogen (secondary N) is 1. The maximum atomic E-state index is 12.1. The molecule has 0 bridgehead atoms. The third-order valence-corrected chi connectivity index (χ3v) is 6.28. The summed E-state index contributed by atoms with van der Waals surface area (Å²) in [6.45, 7) is 5.56. The van der Waals surface area contributed by atoms with Gasteiger partial charge in [-0.3, -0.25) is 4.79 Å². The van der Waals surface area contributed by atoms with Crippen LogP contribution in [0.15, 0.2) is 44.2 Å². The summed E-state index contributed by atoms with van der Waals surface area (Å²) in [5.41, 5.74) is 3.73. The van der Waals surface area contributed by atoms with Gasteiger partial charge in [0, 0.05) is 29.8 Å². The minimum atomic E-state index is -0.889. The summed E-state index contributed by atoms with van der Waals surface area (Å²) in [4.78, 5) is 39.9. The van der Waals surface area contributed by atoms with Crippen LogP contribution >= 0.6 is 0 Å². The number of benzene rings is 1. The van der Waals surface area contributed by atoms with Gasteiger partial charge in [-0.1, -0.05) is 39.0 Å². The number of hydrogen-bond donors (Lipinski definition) is 2. The quantitative estimate of drug-likeness (QED) is 0.426. The molecule has 1 aliphatic rings. The van der Waals surface area contributed by atoms with E-state index >= 15 is 0 Å². The normalized spacial score (nSPS) is 13.5. The van der Waals surface area contributed by atoms with Crippen molar-refractivity contribution in [1.29, 1.82) is 0 Å². The molecule has 192 valence electrons. The molecule has 36 heavy (non-hydrogen) atoms. The fourth-order valence-electron chi connectivity index (χ4n) is 4.51. The Morgan fingerprint density at radius 3 is 2.75 bits per heavy atom. The number of aromatic nitrogens is 2. The predicted molar refractivity (Wildman–Crippen MR) is 129 cm³/mol. The summed E-state index contributed by atoms with van der Waals surface area (Å²) in [5.74, 6) is -1.86. The van der Waals surface area contributed by atoms with Crippen molar-refractivity contribution >= 4 is 12.1 Å². The molecule has 0 unspecified atom stereocenters. The Bertz CT molecular complexity index is 1300. The van der Waals surface area contributed by atoms with Gasteiger partial charge in [0.05, 0.1) is 17.9 Å². The van der Waals surface area contributed by atoms with Gasteiger partial charge in [-0.2, -0.15) is 0 Å². The number of aliphatic carboxylic acids is 1. The Kier molecular flexibility index (Phi) is 7.32. The second-order valence-electron chi connectivity index (χ2n) is 9.98. The number of hydrogen-bond acceptors (Lipinski definition) is 7. The molecule has 3 aromatic rings. The van der Waals surface area contributed by atoms with E-state index in [1.165, 1.54) is 5.56 Å². The number of carbonyl (C=O) groups is 2. The molecule has 0 spiro atoms. The van der Waals surface area contributed by atoms with Gasteiger partial charge in [0.15, 0.2) is 18.1 Å². The molecular weight excluding hydrogens is 466 g/mol. The minimum Gasteiger partial charge on any atom is -0.481 e. The van der Waals surface area contributed by atoms with Crippen molar-refractivity contribution in [2.45, 2.75) is 64.9 Å². The molecule has 0 radical (unpaired) electrons. The standard InChI is InChI=1S/C26H31N3O7/c1-26(2,3)22-21(35-25(33)36-22)14-34-24(32)27-12-6-8-17(23(30)31)13-18-20-11-10-16-7-4-5-9-19(16)29(20)15-28-18/h4-5,7,9,15,17H,6,8,10-14H2,1-3H3,(H,27,32)(H,30,31)/t17-/m0/s1. The monoisotopic (exact) mass is 497 g/mol. The zero-order valence-corrected chi connectivity index (χ0v) is 20.7. The maximum Gasteiger partial charge on any atom is 0.519 e. The van der Waals surface area contributed by atoms with E-state index < -0.39 is 29.2 Å². The third-order valence-electron chi connectivity index (χ3n) is 6.28. The molecule has 1 aromatic carbocycles. The second-order valence-corrected chi connectivity index (χ2v) is 9.98. The number of carbonyl (C=O) groups excluding carboxylic acids is 1. The van der Waals surface area contributed by atoms with E-state index in [0.29, 0.717) is 25.0 Å². The molecule has 2 aromatic heterocycles. The van der Waals surface area contributed by atoms with Crippen LogP contribution in [-0.4, -0.2) is 33.3 Å². The van der Waals surface area contributed by atoms with Crippen molar-refractivity contribution in [2.24, 2.45) is 5.92 Å². The van der Waals surface area contributed by atoms with E-state index in [-0.39, 0.29) is 18.9 Å². The second kappa shape index (κ2) is 10.4. The van der Waals surface area contributed by atoms with Crippen LogP contribution in [0.2, 0.25) is 0 Å². The number of carboxylic acids is 1. The molecule has 4 rings (SSSR count). The van der Waals surface area contributed by atoms with Gasteiger partial charge >= 0.3 is 17.9 Å². The first-order chi connectivity index (χ1) is 17.1. The Morgan fingerprint density at radius 1 is 1.22 bits per heavy atom. The van der Waals surface area contributed by atoms with Gasteiger partial charge in [0.25, 0.3) is 0 Å². The molecule has 2 N–H and O–H groups in total. The van der Waals surface area contributed by atoms with Crippen molar-refractivity contribution in [2.75, 3.05) is 6.54 Å². The first-order valence-electron chi connectivity index (χ1n) is 12.0. The first-order valence-corrected chi connectivity index (χ1v) is 12.0. The number of rotatable bonds is 9. The highest BCUT2D eigenvalue weighted by molar-refractivity contribution is 5.70. The maximum absolute atomic E-state index is 12.1. The lowest BCUT2D eigenvalue weighted by Crippen LogP contribution is -2.27. The Hall–Kier alpha value is -3.82. The number of alkyl carbamates (subject to hydrolysis) is 1. The van der Waals surface area contributed by atoms with E-state index in [2.05, 4.69) is 20.9 Å². The highest BCUT2D eigenvalue weighted by atomic mass is 16.6. The number of fused-ring (bicyclic) bond motifs is 3. The lowest BCUT2D eigenvalue weighted by Gasteiger charge is -2.20. The van der Waals surface area contributed by atoms with E-state index in [0.717, 1.165) is 29.9 Å². The fourth-order valence-corrected chi connectivity index (χ4v) is 4.51. The number of amides is 1. The summed E-state index contributed by atoms with van der Waals surface area (Å²) < 4.78 is 17.2. The lowest BCUT2D eigenvalue weighted by atomic mass is 9.92. The number of imidazole rings is 1. The third kappa shape index (κ3) is 5.69. The highest BCUT2D eigenvalue weighted by Gasteiger charge is 2.27. The van der Waals surface area contributed by atoms with Crippen molar-refractivity contribution in [1.82, 2.24) is 14.9 Å². The topological polar surface area (TPSA) is 137 Å². The highest BCUT2D eigenvalue weighted by Crippen LogP contribution is 2.28. The summed E-state index contributed by atoms with van der Waals surface area (Å²) in [6, 6.07) is 8.15. The Labute approximate surface area is 208 Å². The summed E-state index contributed by atoms with van der Waals surface area (Å²) in [6.07, 6.45) is 3.97. The fraction of sp³-hybridized carbons (Fsp3) is 0.462. The zero-order valence-electron chi connectivity index (χ0n) is 20.7. The van der Waals surface area contributed by atoms with Crippen LogP contribution in [0.25, 0.3) is 5.69 Å². The van der Waals surface area contributed by atoms with Crippen molar-refractivity contribution in [3.05, 3.63) is 69.7 Å². The predicted octanol–water partition coefficient (Wildman–Crippen LogP) is 3.76. The van der Waals surface area contributed by atoms with Crippen LogP contribution in [0.4, 0.5) is 4.79 Å². The molecule has 0 fully saturated rings. The molecule has 0 saturated carbocycles. The molecule has 0 saturated heterocycles. The molecule has 1 atom stereocenters. The smallest absolute Gasteiger partial charge is 0.481 e. The van der Waals surface area contributed by atoms with Gasteiger partial charge in [0.2, 0.25) is 0 Å². The molecular formula is C26H31N3O7. The number of ether oxygens (including phenoxy) is 1. The van der Waals surface area contributed by atoms with Crippen LogP contribution in [0.1, 0.15) is 62.1 Å². The van der Waals surface area contributed by atoms with Gasteiger partial charge in [0.1, 0.15) is 0 Å². The summed E-state index contributed by atoms with van der Waals surface area (Å²) in [5, 5.41) is 12.4. The van der Waals surface area contributed by atoms with Crippen LogP contribution in [0.5, 0.6) is 0 Å². The zero-order chi connectivity index (χ0) is 25.9. The molecule has 10 nitrogen and oxygen atoms in total. The van der Waals surface area contributed by atoms with Gasteiger partial charge in [-0.05, 0) is 37.3 Å². The lowest BCUT2D eigenvalue weighted by molar-refractivity contribution is -0.142. The van der Waals surface area contributed by atoms with Crippen molar-refractivity contribution < 1.29 is 28.3 Å². The van der Waals surface area contributed by atoms with Gasteiger partial charge < -0.3 is 28.6 Å². The average Bonchev–Trinajstić information content (AvgIpc) is 3.42. The first kappa shape index (κ1) is 25.3. The number of nitrogens with zero attached hydrogens (tertiary/aromatic N) is 2. The van der Waals surface area contributed by atoms with Crippen LogP contribution in [-0.2, 0) is 40.8 Å². The largest absolute Gasteiger partial charge is 0.519 e. The SMILES string of the molecule is CC(C)(C)c1oc(=O)oc1COC(=O)NCCC[C@@H](Cc1ncn2c1CCc1ccccc1-2)C(=O)O. The molecule has 0 aliphatic carbocycles. The number of aryl methyl sites for hydroxylation is 1. The van der Waals surface area contributed by atoms with E-state index in [1.54, 1.807) is 6.33 Å². The van der Waals surface area contributed by atoms with Gasteiger partial charge in [-0.15, -0.1) is 0 Å². The number of para-hydroxylation sites is 1. The Morgan fingerprint density at radius 2 is 2.00 bits per heavy atom. The summed E-state index contributed by atoms with van der Waals surface area (Å²) >= 11 is 0. The van der Waals surface area contributed by atoms with E-state index in [4.69, 9.17) is 13.6 Å². The van der Waals surface area contributed by atoms with E-state index in [1.807, 2.05) is 39.0 Å².